The monoisotopic (exact) mass is 263 g/mol. The Morgan fingerprint density at radius 1 is 1.39 bits per heavy atom. The molecule has 1 heterocycles. The molecule has 0 aliphatic heterocycles. The topological polar surface area (TPSA) is 72.7 Å². The van der Waals surface area contributed by atoms with Gasteiger partial charge in [0.2, 0.25) is 11.1 Å². The lowest BCUT2D eigenvalue weighted by molar-refractivity contribution is -0.119. The molecule has 94 valence electrons. The maximum atomic E-state index is 11.5. The highest BCUT2D eigenvalue weighted by molar-refractivity contribution is 8.00. The molecule has 1 aromatic heterocycles. The number of carbonyl (C=O) groups excluding carboxylic acids is 1. The summed E-state index contributed by atoms with van der Waals surface area (Å²) in [5, 5.41) is 14.5. The number of benzene rings is 1. The number of hydrogen-bond acceptors (Lipinski definition) is 5. The van der Waals surface area contributed by atoms with Gasteiger partial charge in [0.1, 0.15) is 0 Å². The van der Waals surface area contributed by atoms with E-state index in [1.54, 1.807) is 11.7 Å². The van der Waals surface area contributed by atoms with Crippen LogP contribution in [0.4, 0.5) is 0 Å². The van der Waals surface area contributed by atoms with Gasteiger partial charge in [0, 0.05) is 7.05 Å². The van der Waals surface area contributed by atoms with E-state index < -0.39 is 0 Å². The van der Waals surface area contributed by atoms with Crippen LogP contribution >= 0.6 is 11.8 Å². The number of rotatable bonds is 4. The minimum Gasteiger partial charge on any atom is -0.358 e. The lowest BCUT2D eigenvalue weighted by Gasteiger charge is -2.09. The van der Waals surface area contributed by atoms with Crippen LogP contribution in [0, 0.1) is 0 Å². The second-order valence-corrected chi connectivity index (χ2v) is 4.89. The normalized spacial score (nSPS) is 12.1. The number of nitrogens with one attached hydrogen (secondary N) is 1. The van der Waals surface area contributed by atoms with E-state index in [1.165, 1.54) is 11.8 Å². The lowest BCUT2D eigenvalue weighted by Crippen LogP contribution is -2.27. The molecule has 18 heavy (non-hydrogen) atoms. The van der Waals surface area contributed by atoms with Crippen LogP contribution in [0.3, 0.4) is 0 Å². The van der Waals surface area contributed by atoms with E-state index in [0.717, 1.165) is 5.69 Å². The number of aromatic nitrogens is 4. The van der Waals surface area contributed by atoms with Crippen molar-refractivity contribution in [2.75, 3.05) is 7.05 Å². The number of para-hydroxylation sites is 1. The Labute approximate surface area is 109 Å². The molecule has 0 aliphatic rings. The van der Waals surface area contributed by atoms with Crippen LogP contribution in [0.15, 0.2) is 35.5 Å². The highest BCUT2D eigenvalue weighted by Crippen LogP contribution is 2.22. The number of amides is 1. The number of nitrogens with zero attached hydrogens (tertiary/aromatic N) is 4. The van der Waals surface area contributed by atoms with Gasteiger partial charge < -0.3 is 5.32 Å². The van der Waals surface area contributed by atoms with Crippen molar-refractivity contribution in [2.45, 2.75) is 17.3 Å². The molecular formula is C11H13N5OS. The summed E-state index contributed by atoms with van der Waals surface area (Å²) in [5.41, 5.74) is 0.870. The van der Waals surface area contributed by atoms with E-state index in [2.05, 4.69) is 20.8 Å². The van der Waals surface area contributed by atoms with E-state index in [4.69, 9.17) is 0 Å². The molecule has 1 atom stereocenters. The molecule has 0 saturated heterocycles. The van der Waals surface area contributed by atoms with Crippen molar-refractivity contribution in [1.82, 2.24) is 25.5 Å². The predicted octanol–water partition coefficient (Wildman–Crippen LogP) is 0.889. The van der Waals surface area contributed by atoms with E-state index >= 15 is 0 Å². The number of thioether (sulfide) groups is 1. The molecular weight excluding hydrogens is 250 g/mol. The van der Waals surface area contributed by atoms with E-state index in [0.29, 0.717) is 5.16 Å². The predicted molar refractivity (Wildman–Crippen MR) is 68.5 cm³/mol. The van der Waals surface area contributed by atoms with Gasteiger partial charge in [-0.3, -0.25) is 4.79 Å². The first-order valence-electron chi connectivity index (χ1n) is 5.44. The fraction of sp³-hybridized carbons (Fsp3) is 0.273. The average molecular weight is 263 g/mol. The standard InChI is InChI=1S/C11H13N5OS/c1-8(10(17)12-2)18-11-13-14-15-16(11)9-6-4-3-5-7-9/h3-8H,1-2H3,(H,12,17)/t8-/m0/s1. The van der Waals surface area contributed by atoms with Gasteiger partial charge in [-0.25, -0.2) is 0 Å². The van der Waals surface area contributed by atoms with Crippen LogP contribution in [0.5, 0.6) is 0 Å². The first-order valence-corrected chi connectivity index (χ1v) is 6.32. The van der Waals surface area contributed by atoms with Crippen LogP contribution in [0.1, 0.15) is 6.92 Å². The number of tetrazole rings is 1. The quantitative estimate of drug-likeness (QED) is 0.829. The highest BCUT2D eigenvalue weighted by atomic mass is 32.2. The van der Waals surface area contributed by atoms with Crippen LogP contribution in [0.2, 0.25) is 0 Å². The zero-order valence-corrected chi connectivity index (χ0v) is 10.9. The van der Waals surface area contributed by atoms with Gasteiger partial charge in [0.25, 0.3) is 0 Å². The van der Waals surface area contributed by atoms with Gasteiger partial charge in [-0.1, -0.05) is 30.0 Å². The lowest BCUT2D eigenvalue weighted by atomic mass is 10.3. The first-order chi connectivity index (χ1) is 8.72. The van der Waals surface area contributed by atoms with E-state index in [9.17, 15) is 4.79 Å². The van der Waals surface area contributed by atoms with Crippen LogP contribution < -0.4 is 5.32 Å². The first kappa shape index (κ1) is 12.6. The molecule has 1 aromatic carbocycles. The fourth-order valence-corrected chi connectivity index (χ4v) is 2.27. The van der Waals surface area contributed by atoms with Gasteiger partial charge in [-0.05, 0) is 29.5 Å². The number of hydrogen-bond donors (Lipinski definition) is 1. The summed E-state index contributed by atoms with van der Waals surface area (Å²) in [6, 6.07) is 9.56. The SMILES string of the molecule is CNC(=O)[C@H](C)Sc1nnnn1-c1ccccc1. The van der Waals surface area contributed by atoms with Crippen LogP contribution in [-0.2, 0) is 4.79 Å². The van der Waals surface area contributed by atoms with Crippen molar-refractivity contribution in [3.63, 3.8) is 0 Å². The Balaban J connectivity index is 2.21. The molecule has 0 unspecified atom stereocenters. The molecule has 0 fully saturated rings. The van der Waals surface area contributed by atoms with Crippen molar-refractivity contribution in [3.8, 4) is 5.69 Å². The zero-order valence-electron chi connectivity index (χ0n) is 10.1. The van der Waals surface area contributed by atoms with Gasteiger partial charge in [-0.15, -0.1) is 5.10 Å². The second kappa shape index (κ2) is 5.63. The Hall–Kier alpha value is -1.89. The summed E-state index contributed by atoms with van der Waals surface area (Å²) < 4.78 is 1.62. The molecule has 1 N–H and O–H groups in total. The van der Waals surface area contributed by atoms with Gasteiger partial charge in [0.15, 0.2) is 0 Å². The zero-order chi connectivity index (χ0) is 13.0. The van der Waals surface area contributed by atoms with Crippen LogP contribution in [0.25, 0.3) is 5.69 Å². The minimum atomic E-state index is -0.247. The van der Waals surface area contributed by atoms with Crippen molar-refractivity contribution >= 4 is 17.7 Å². The summed E-state index contributed by atoms with van der Waals surface area (Å²) in [7, 11) is 1.61. The van der Waals surface area contributed by atoms with Gasteiger partial charge >= 0.3 is 0 Å². The maximum Gasteiger partial charge on any atom is 0.233 e. The summed E-state index contributed by atoms with van der Waals surface area (Å²) >= 11 is 1.32. The molecule has 6 nitrogen and oxygen atoms in total. The average Bonchev–Trinajstić information content (AvgIpc) is 2.86. The largest absolute Gasteiger partial charge is 0.358 e. The molecule has 0 radical (unpaired) electrons. The van der Waals surface area contributed by atoms with Gasteiger partial charge in [-0.2, -0.15) is 4.68 Å². The second-order valence-electron chi connectivity index (χ2n) is 3.58. The Bertz CT molecular complexity index is 527. The third-order valence-electron chi connectivity index (χ3n) is 2.34. The van der Waals surface area contributed by atoms with Crippen molar-refractivity contribution in [2.24, 2.45) is 0 Å². The van der Waals surface area contributed by atoms with Crippen LogP contribution in [-0.4, -0.2) is 38.4 Å². The fourth-order valence-electron chi connectivity index (χ4n) is 1.40. The third-order valence-corrected chi connectivity index (χ3v) is 3.37. The smallest absolute Gasteiger partial charge is 0.233 e. The highest BCUT2D eigenvalue weighted by Gasteiger charge is 2.17. The van der Waals surface area contributed by atoms with Gasteiger partial charge in [0.05, 0.1) is 10.9 Å². The van der Waals surface area contributed by atoms with E-state index in [-0.39, 0.29) is 11.2 Å². The summed E-state index contributed by atoms with van der Waals surface area (Å²) in [6.45, 7) is 1.81. The number of carbonyl (C=O) groups is 1. The Kier molecular flexibility index (Phi) is 3.93. The molecule has 0 bridgehead atoms. The van der Waals surface area contributed by atoms with Crippen molar-refractivity contribution in [1.29, 1.82) is 0 Å². The van der Waals surface area contributed by atoms with Crippen molar-refractivity contribution < 1.29 is 4.79 Å². The molecule has 2 aromatic rings. The summed E-state index contributed by atoms with van der Waals surface area (Å²) in [6.07, 6.45) is 0. The third kappa shape index (κ3) is 2.67. The molecule has 0 aliphatic carbocycles. The molecule has 2 rings (SSSR count). The molecule has 0 spiro atoms. The summed E-state index contributed by atoms with van der Waals surface area (Å²) in [5.74, 6) is -0.0531. The Morgan fingerprint density at radius 2 is 2.11 bits per heavy atom. The van der Waals surface area contributed by atoms with Crippen molar-refractivity contribution in [3.05, 3.63) is 30.3 Å². The van der Waals surface area contributed by atoms with E-state index in [1.807, 2.05) is 37.3 Å². The molecule has 7 heteroatoms. The minimum absolute atomic E-state index is 0.0531. The Morgan fingerprint density at radius 3 is 2.78 bits per heavy atom. The molecule has 1 amide bonds. The maximum absolute atomic E-state index is 11.5. The summed E-state index contributed by atoms with van der Waals surface area (Å²) in [4.78, 5) is 11.5. The molecule has 0 saturated carbocycles.